The zero-order valence-electron chi connectivity index (χ0n) is 25.2. The summed E-state index contributed by atoms with van der Waals surface area (Å²) in [5, 5.41) is 21.4. The zero-order chi connectivity index (χ0) is 30.7. The summed E-state index contributed by atoms with van der Waals surface area (Å²) in [6.45, 7) is 1.86. The molecule has 2 saturated carbocycles. The maximum absolute atomic E-state index is 13.6. The van der Waals surface area contributed by atoms with Crippen LogP contribution in [0.2, 0.25) is 0 Å². The van der Waals surface area contributed by atoms with Crippen LogP contribution in [-0.2, 0) is 16.0 Å². The van der Waals surface area contributed by atoms with Crippen LogP contribution in [0.3, 0.4) is 0 Å². The first-order valence-electron chi connectivity index (χ1n) is 15.9. The maximum Gasteiger partial charge on any atom is 0.306 e. The Balaban J connectivity index is 1.20. The highest BCUT2D eigenvalue weighted by Crippen LogP contribution is 2.38. The highest BCUT2D eigenvalue weighted by Gasteiger charge is 2.45. The minimum atomic E-state index is -0.974. The van der Waals surface area contributed by atoms with Gasteiger partial charge in [0.25, 0.3) is 5.91 Å². The molecule has 4 aromatic rings. The largest absolute Gasteiger partial charge is 0.481 e. The summed E-state index contributed by atoms with van der Waals surface area (Å²) in [4.78, 5) is 38.4. The van der Waals surface area contributed by atoms with Crippen molar-refractivity contribution in [1.82, 2.24) is 15.1 Å². The van der Waals surface area contributed by atoms with Crippen LogP contribution in [-0.4, -0.2) is 38.2 Å². The molecule has 0 spiro atoms. The predicted molar refractivity (Wildman–Crippen MR) is 171 cm³/mol. The molecule has 8 heteroatoms. The Morgan fingerprint density at radius 2 is 1.68 bits per heavy atom. The number of carboxylic acid groups (broad SMARTS) is 1. The van der Waals surface area contributed by atoms with E-state index in [1.54, 1.807) is 12.1 Å². The standard InChI is InChI=1S/C36H40N4O4/c1-2-25(34(42)43)22-24-14-17-28(18-15-24)37-35(44)36(20-9-21-36)38-33(41)27-16-19-30-31(23-27)39-40(29-12-7-4-8-13-29)32(30)26-10-5-3-6-11-26/h4,7-8,12-19,23,25-26H,2-3,5-6,9-11,20-22H2,1H3,(H,37,44)(H,38,41)(H,42,43). The fourth-order valence-electron chi connectivity index (χ4n) is 6.68. The van der Waals surface area contributed by atoms with Crippen molar-refractivity contribution in [2.45, 2.75) is 82.6 Å². The van der Waals surface area contributed by atoms with Gasteiger partial charge in [0, 0.05) is 22.6 Å². The van der Waals surface area contributed by atoms with Gasteiger partial charge in [-0.2, -0.15) is 5.10 Å². The molecule has 1 aromatic heterocycles. The molecule has 2 aliphatic rings. The molecular weight excluding hydrogens is 552 g/mol. The number of nitrogens with zero attached hydrogens (tertiary/aromatic N) is 2. The SMILES string of the molecule is CCC(Cc1ccc(NC(=O)C2(NC(=O)c3ccc4c(C5CCCCC5)n(-c5ccccc5)nc4c3)CCC2)cc1)C(=O)O. The van der Waals surface area contributed by atoms with Crippen molar-refractivity contribution >= 4 is 34.4 Å². The number of hydrogen-bond donors (Lipinski definition) is 3. The summed E-state index contributed by atoms with van der Waals surface area (Å²) in [7, 11) is 0. The van der Waals surface area contributed by atoms with Gasteiger partial charge in [-0.1, -0.05) is 62.6 Å². The smallest absolute Gasteiger partial charge is 0.306 e. The number of carboxylic acids is 1. The first-order valence-corrected chi connectivity index (χ1v) is 15.9. The molecule has 3 N–H and O–H groups in total. The number of carbonyl (C=O) groups excluding carboxylic acids is 2. The Bertz CT molecular complexity index is 1650. The van der Waals surface area contributed by atoms with Gasteiger partial charge >= 0.3 is 5.97 Å². The average molecular weight is 593 g/mol. The van der Waals surface area contributed by atoms with Crippen LogP contribution in [0, 0.1) is 5.92 Å². The molecule has 6 rings (SSSR count). The number of aliphatic carboxylic acids is 1. The number of rotatable bonds is 10. The van der Waals surface area contributed by atoms with Crippen LogP contribution in [0.4, 0.5) is 5.69 Å². The van der Waals surface area contributed by atoms with E-state index in [9.17, 15) is 19.5 Å². The van der Waals surface area contributed by atoms with Crippen LogP contribution >= 0.6 is 0 Å². The number of fused-ring (bicyclic) bond motifs is 1. The molecule has 1 heterocycles. The van der Waals surface area contributed by atoms with Crippen LogP contribution in [0.25, 0.3) is 16.6 Å². The van der Waals surface area contributed by atoms with E-state index in [0.717, 1.165) is 41.4 Å². The topological polar surface area (TPSA) is 113 Å². The van der Waals surface area contributed by atoms with Crippen molar-refractivity contribution in [3.63, 3.8) is 0 Å². The van der Waals surface area contributed by atoms with E-state index in [2.05, 4.69) is 27.4 Å². The quantitative estimate of drug-likeness (QED) is 0.183. The minimum absolute atomic E-state index is 0.240. The molecule has 2 aliphatic carbocycles. The van der Waals surface area contributed by atoms with Gasteiger partial charge in [-0.25, -0.2) is 4.68 Å². The van der Waals surface area contributed by atoms with E-state index >= 15 is 0 Å². The molecule has 44 heavy (non-hydrogen) atoms. The third-order valence-electron chi connectivity index (χ3n) is 9.49. The van der Waals surface area contributed by atoms with E-state index in [0.29, 0.717) is 42.9 Å². The van der Waals surface area contributed by atoms with Crippen LogP contribution in [0.1, 0.15) is 92.2 Å². The molecule has 0 saturated heterocycles. The molecule has 0 aliphatic heterocycles. The highest BCUT2D eigenvalue weighted by atomic mass is 16.4. The molecule has 1 atom stereocenters. The molecule has 3 aromatic carbocycles. The second kappa shape index (κ2) is 12.6. The molecule has 2 amide bonds. The molecule has 0 bridgehead atoms. The number of para-hydroxylation sites is 1. The summed E-state index contributed by atoms with van der Waals surface area (Å²) >= 11 is 0. The van der Waals surface area contributed by atoms with Gasteiger partial charge in [0.1, 0.15) is 5.54 Å². The van der Waals surface area contributed by atoms with Gasteiger partial charge < -0.3 is 15.7 Å². The van der Waals surface area contributed by atoms with Crippen molar-refractivity contribution in [2.75, 3.05) is 5.32 Å². The van der Waals surface area contributed by atoms with Gasteiger partial charge in [-0.15, -0.1) is 0 Å². The molecule has 228 valence electrons. The molecule has 8 nitrogen and oxygen atoms in total. The Kier molecular flexibility index (Phi) is 8.51. The van der Waals surface area contributed by atoms with Gasteiger partial charge in [0.2, 0.25) is 5.91 Å². The summed E-state index contributed by atoms with van der Waals surface area (Å²) in [5.74, 6) is -1.34. The fourth-order valence-corrected chi connectivity index (χ4v) is 6.68. The zero-order valence-corrected chi connectivity index (χ0v) is 25.2. The molecule has 1 unspecified atom stereocenters. The van der Waals surface area contributed by atoms with Crippen molar-refractivity contribution in [2.24, 2.45) is 5.92 Å². The number of amides is 2. The molecular formula is C36H40N4O4. The van der Waals surface area contributed by atoms with Crippen molar-refractivity contribution < 1.29 is 19.5 Å². The number of aromatic nitrogens is 2. The average Bonchev–Trinajstić information content (AvgIpc) is 3.42. The first-order chi connectivity index (χ1) is 21.4. The third-order valence-corrected chi connectivity index (χ3v) is 9.49. The van der Waals surface area contributed by atoms with Crippen molar-refractivity contribution in [3.05, 3.63) is 89.6 Å². The van der Waals surface area contributed by atoms with Gasteiger partial charge in [0.05, 0.1) is 22.8 Å². The molecule has 2 fully saturated rings. The van der Waals surface area contributed by atoms with Crippen molar-refractivity contribution in [3.8, 4) is 5.69 Å². The van der Waals surface area contributed by atoms with E-state index in [1.165, 1.54) is 25.0 Å². The molecule has 0 radical (unpaired) electrons. The van der Waals surface area contributed by atoms with E-state index < -0.39 is 17.4 Å². The summed E-state index contributed by atoms with van der Waals surface area (Å²) in [6.07, 6.45) is 8.95. The van der Waals surface area contributed by atoms with Crippen LogP contribution in [0.15, 0.2) is 72.8 Å². The van der Waals surface area contributed by atoms with E-state index in [-0.39, 0.29) is 11.8 Å². The monoisotopic (exact) mass is 592 g/mol. The highest BCUT2D eigenvalue weighted by molar-refractivity contribution is 6.05. The third kappa shape index (κ3) is 5.98. The number of benzene rings is 3. The minimum Gasteiger partial charge on any atom is -0.481 e. The van der Waals surface area contributed by atoms with Gasteiger partial charge in [-0.3, -0.25) is 14.4 Å². The lowest BCUT2D eigenvalue weighted by molar-refractivity contribution is -0.141. The Labute approximate surface area is 257 Å². The van der Waals surface area contributed by atoms with Gasteiger partial charge in [0.15, 0.2) is 0 Å². The summed E-state index contributed by atoms with van der Waals surface area (Å²) < 4.78 is 2.05. The maximum atomic E-state index is 13.6. The fraction of sp³-hybridized carbons (Fsp3) is 0.389. The summed E-state index contributed by atoms with van der Waals surface area (Å²) in [6, 6.07) is 23.2. The Morgan fingerprint density at radius 3 is 2.32 bits per heavy atom. The Hall–Kier alpha value is -4.46. The first kappa shape index (κ1) is 29.6. The Morgan fingerprint density at radius 1 is 0.955 bits per heavy atom. The second-order valence-electron chi connectivity index (χ2n) is 12.4. The number of hydrogen-bond acceptors (Lipinski definition) is 4. The summed E-state index contributed by atoms with van der Waals surface area (Å²) in [5.41, 5.74) is 4.04. The lowest BCUT2D eigenvalue weighted by Crippen LogP contribution is -2.61. The van der Waals surface area contributed by atoms with Crippen LogP contribution in [0.5, 0.6) is 0 Å². The normalized spacial score (nSPS) is 17.0. The lowest BCUT2D eigenvalue weighted by atomic mass is 9.75. The predicted octanol–water partition coefficient (Wildman–Crippen LogP) is 7.02. The number of carbonyl (C=O) groups is 3. The van der Waals surface area contributed by atoms with Crippen molar-refractivity contribution in [1.29, 1.82) is 0 Å². The van der Waals surface area contributed by atoms with E-state index in [1.807, 2.05) is 55.5 Å². The van der Waals surface area contributed by atoms with E-state index in [4.69, 9.17) is 5.10 Å². The van der Waals surface area contributed by atoms with Gasteiger partial charge in [-0.05, 0) is 86.9 Å². The van der Waals surface area contributed by atoms with Crippen LogP contribution < -0.4 is 10.6 Å². The lowest BCUT2D eigenvalue weighted by Gasteiger charge is -2.40. The number of anilines is 1. The second-order valence-corrected chi connectivity index (χ2v) is 12.4. The number of nitrogens with one attached hydrogen (secondary N) is 2.